The minimum absolute atomic E-state index is 0. The van der Waals surface area contributed by atoms with Gasteiger partial charge in [-0.1, -0.05) is 30.3 Å². The molecule has 2 aromatic carbocycles. The van der Waals surface area contributed by atoms with E-state index in [1.165, 1.54) is 0 Å². The predicted octanol–water partition coefficient (Wildman–Crippen LogP) is 3.41. The zero-order valence-corrected chi connectivity index (χ0v) is 17.7. The average molecular weight is 437 g/mol. The van der Waals surface area contributed by atoms with Gasteiger partial charge in [0.2, 0.25) is 5.91 Å². The van der Waals surface area contributed by atoms with Crippen LogP contribution in [0.2, 0.25) is 0 Å². The molecule has 0 spiro atoms. The van der Waals surface area contributed by atoms with Crippen LogP contribution in [0.4, 0.5) is 0 Å². The molecule has 1 fully saturated rings. The molecule has 0 bridgehead atoms. The number of para-hydroxylation sites is 3. The van der Waals surface area contributed by atoms with E-state index in [2.05, 4.69) is 4.98 Å². The van der Waals surface area contributed by atoms with Crippen LogP contribution in [0.1, 0.15) is 18.7 Å². The molecule has 1 aromatic heterocycles. The van der Waals surface area contributed by atoms with Gasteiger partial charge in [0.1, 0.15) is 24.7 Å². The number of halogens is 2. The fourth-order valence-corrected chi connectivity index (χ4v) is 3.55. The molecule has 1 aliphatic rings. The molecule has 4 rings (SSSR count). The number of nitrogens with two attached hydrogens (primary N) is 1. The van der Waals surface area contributed by atoms with Gasteiger partial charge in [-0.25, -0.2) is 4.98 Å². The van der Waals surface area contributed by atoms with Gasteiger partial charge in [0.15, 0.2) is 0 Å². The fourth-order valence-electron chi connectivity index (χ4n) is 3.55. The predicted molar refractivity (Wildman–Crippen MR) is 119 cm³/mol. The Hall–Kier alpha value is -2.28. The second kappa shape index (κ2) is 10.5. The van der Waals surface area contributed by atoms with E-state index in [1.807, 2.05) is 64.1 Å². The Balaban J connectivity index is 0.00000150. The summed E-state index contributed by atoms with van der Waals surface area (Å²) in [6.45, 7) is 1.96. The third-order valence-electron chi connectivity index (χ3n) is 4.95. The summed E-state index contributed by atoms with van der Waals surface area (Å²) in [4.78, 5) is 19.4. The number of hydrogen-bond donors (Lipinski definition) is 1. The first-order chi connectivity index (χ1) is 13.2. The van der Waals surface area contributed by atoms with E-state index >= 15 is 0 Å². The van der Waals surface area contributed by atoms with Crippen LogP contribution in [0.15, 0.2) is 54.6 Å². The first-order valence-electron chi connectivity index (χ1n) is 9.36. The second-order valence-electron chi connectivity index (χ2n) is 6.95. The van der Waals surface area contributed by atoms with Crippen molar-refractivity contribution in [3.05, 3.63) is 60.4 Å². The Morgan fingerprint density at radius 2 is 1.83 bits per heavy atom. The summed E-state index contributed by atoms with van der Waals surface area (Å²) >= 11 is 0. The fraction of sp³-hybridized carbons (Fsp3) is 0.333. The average Bonchev–Trinajstić information content (AvgIpc) is 3.05. The summed E-state index contributed by atoms with van der Waals surface area (Å²) in [5, 5.41) is 0. The van der Waals surface area contributed by atoms with Crippen molar-refractivity contribution in [2.24, 2.45) is 5.73 Å². The Morgan fingerprint density at radius 3 is 2.59 bits per heavy atom. The maximum atomic E-state index is 12.9. The topological polar surface area (TPSA) is 73.4 Å². The van der Waals surface area contributed by atoms with E-state index in [-0.39, 0.29) is 43.3 Å². The molecule has 0 saturated carbocycles. The summed E-state index contributed by atoms with van der Waals surface area (Å²) in [6, 6.07) is 17.6. The Bertz CT molecular complexity index is 933. The van der Waals surface area contributed by atoms with Crippen molar-refractivity contribution >= 4 is 41.8 Å². The third-order valence-corrected chi connectivity index (χ3v) is 4.95. The number of hydrogen-bond acceptors (Lipinski definition) is 4. The summed E-state index contributed by atoms with van der Waals surface area (Å²) in [5.41, 5.74) is 7.85. The molecular weight excluding hydrogens is 411 g/mol. The van der Waals surface area contributed by atoms with Crippen LogP contribution in [0, 0.1) is 0 Å². The van der Waals surface area contributed by atoms with Crippen molar-refractivity contribution in [2.75, 3.05) is 13.1 Å². The highest BCUT2D eigenvalue weighted by molar-refractivity contribution is 5.85. The van der Waals surface area contributed by atoms with E-state index in [9.17, 15) is 4.79 Å². The molecule has 1 aliphatic heterocycles. The van der Waals surface area contributed by atoms with Crippen molar-refractivity contribution in [3.8, 4) is 5.75 Å². The van der Waals surface area contributed by atoms with E-state index in [4.69, 9.17) is 10.5 Å². The second-order valence-corrected chi connectivity index (χ2v) is 6.95. The quantitative estimate of drug-likeness (QED) is 0.664. The lowest BCUT2D eigenvalue weighted by atomic mass is 10.1. The SMILES string of the molecule is Cl.Cl.NC1CCCN(C(=O)Cn2c(COc3ccccc3)nc3ccccc32)C1. The molecule has 3 aromatic rings. The molecule has 1 atom stereocenters. The number of ether oxygens (including phenoxy) is 1. The van der Waals surface area contributed by atoms with Crippen molar-refractivity contribution in [3.63, 3.8) is 0 Å². The van der Waals surface area contributed by atoms with Crippen LogP contribution in [-0.4, -0.2) is 39.5 Å². The number of amides is 1. The van der Waals surface area contributed by atoms with E-state index in [0.29, 0.717) is 13.2 Å². The van der Waals surface area contributed by atoms with Crippen LogP contribution >= 0.6 is 24.8 Å². The number of rotatable bonds is 5. The highest BCUT2D eigenvalue weighted by atomic mass is 35.5. The number of likely N-dealkylation sites (tertiary alicyclic amines) is 1. The molecule has 0 radical (unpaired) electrons. The molecule has 8 heteroatoms. The number of benzene rings is 2. The van der Waals surface area contributed by atoms with Gasteiger partial charge >= 0.3 is 0 Å². The van der Waals surface area contributed by atoms with Crippen molar-refractivity contribution in [2.45, 2.75) is 32.0 Å². The molecule has 29 heavy (non-hydrogen) atoms. The molecule has 2 N–H and O–H groups in total. The number of nitrogens with zero attached hydrogens (tertiary/aromatic N) is 3. The lowest BCUT2D eigenvalue weighted by Crippen LogP contribution is -2.46. The van der Waals surface area contributed by atoms with Gasteiger partial charge in [0, 0.05) is 19.1 Å². The van der Waals surface area contributed by atoms with Gasteiger partial charge in [-0.2, -0.15) is 0 Å². The smallest absolute Gasteiger partial charge is 0.242 e. The van der Waals surface area contributed by atoms with E-state index in [1.54, 1.807) is 0 Å². The molecule has 1 amide bonds. The largest absolute Gasteiger partial charge is 0.486 e. The molecule has 1 unspecified atom stereocenters. The van der Waals surface area contributed by atoms with Crippen molar-refractivity contribution < 1.29 is 9.53 Å². The minimum Gasteiger partial charge on any atom is -0.486 e. The molecular formula is C21H26Cl2N4O2. The van der Waals surface area contributed by atoms with Gasteiger partial charge in [0.25, 0.3) is 0 Å². The number of carbonyl (C=O) groups is 1. The van der Waals surface area contributed by atoms with Crippen LogP contribution in [-0.2, 0) is 17.9 Å². The van der Waals surface area contributed by atoms with Crippen molar-refractivity contribution in [1.82, 2.24) is 14.5 Å². The lowest BCUT2D eigenvalue weighted by Gasteiger charge is -2.31. The standard InChI is InChI=1S/C21H24N4O2.2ClH/c22-16-7-6-12-24(13-16)21(26)14-25-19-11-5-4-10-18(19)23-20(25)15-27-17-8-2-1-3-9-17;;/h1-5,8-11,16H,6-7,12-15,22H2;2*1H. The number of carbonyl (C=O) groups excluding carboxylic acids is 1. The highest BCUT2D eigenvalue weighted by Crippen LogP contribution is 2.19. The summed E-state index contributed by atoms with van der Waals surface area (Å²) in [5.74, 6) is 1.61. The maximum absolute atomic E-state index is 12.9. The maximum Gasteiger partial charge on any atom is 0.242 e. The Labute approximate surface area is 182 Å². The molecule has 6 nitrogen and oxygen atoms in total. The van der Waals surface area contributed by atoms with Crippen LogP contribution < -0.4 is 10.5 Å². The van der Waals surface area contributed by atoms with Crippen LogP contribution in [0.25, 0.3) is 11.0 Å². The first-order valence-corrected chi connectivity index (χ1v) is 9.36. The number of fused-ring (bicyclic) bond motifs is 1. The van der Waals surface area contributed by atoms with E-state index in [0.717, 1.165) is 42.0 Å². The van der Waals surface area contributed by atoms with E-state index < -0.39 is 0 Å². The van der Waals surface area contributed by atoms with Crippen LogP contribution in [0.3, 0.4) is 0 Å². The summed E-state index contributed by atoms with van der Waals surface area (Å²) < 4.78 is 7.84. The highest BCUT2D eigenvalue weighted by Gasteiger charge is 2.23. The number of aromatic nitrogens is 2. The molecule has 1 saturated heterocycles. The zero-order chi connectivity index (χ0) is 18.6. The third kappa shape index (κ3) is 5.41. The van der Waals surface area contributed by atoms with Gasteiger partial charge in [0.05, 0.1) is 11.0 Å². The normalized spacial score (nSPS) is 16.0. The molecule has 156 valence electrons. The number of imidazole rings is 1. The van der Waals surface area contributed by atoms with Gasteiger partial charge < -0.3 is 19.9 Å². The van der Waals surface area contributed by atoms with Crippen molar-refractivity contribution in [1.29, 1.82) is 0 Å². The van der Waals surface area contributed by atoms with Gasteiger partial charge in [-0.3, -0.25) is 4.79 Å². The zero-order valence-electron chi connectivity index (χ0n) is 16.1. The van der Waals surface area contributed by atoms with Gasteiger partial charge in [-0.15, -0.1) is 24.8 Å². The summed E-state index contributed by atoms with van der Waals surface area (Å²) in [6.07, 6.45) is 1.94. The number of piperidine rings is 1. The van der Waals surface area contributed by atoms with Crippen LogP contribution in [0.5, 0.6) is 5.75 Å². The summed E-state index contributed by atoms with van der Waals surface area (Å²) in [7, 11) is 0. The first kappa shape index (κ1) is 23.0. The monoisotopic (exact) mass is 436 g/mol. The lowest BCUT2D eigenvalue weighted by molar-refractivity contribution is -0.133. The minimum atomic E-state index is 0. The Morgan fingerprint density at radius 1 is 1.10 bits per heavy atom. The molecule has 0 aliphatic carbocycles. The molecule has 2 heterocycles. The Kier molecular flexibility index (Phi) is 8.32. The van der Waals surface area contributed by atoms with Gasteiger partial charge in [-0.05, 0) is 37.1 Å².